The zero-order valence-electron chi connectivity index (χ0n) is 16.3. The molecule has 152 valence electrons. The third-order valence-corrected chi connectivity index (χ3v) is 8.96. The normalized spacial score (nSPS) is 19.5. The van der Waals surface area contributed by atoms with Gasteiger partial charge in [0.1, 0.15) is 11.1 Å². The summed E-state index contributed by atoms with van der Waals surface area (Å²) < 4.78 is 27.4. The van der Waals surface area contributed by atoms with Crippen LogP contribution < -0.4 is 5.32 Å². The lowest BCUT2D eigenvalue weighted by Crippen LogP contribution is -2.41. The van der Waals surface area contributed by atoms with Crippen LogP contribution in [-0.4, -0.2) is 31.2 Å². The molecule has 0 spiro atoms. The van der Waals surface area contributed by atoms with Crippen molar-refractivity contribution in [3.8, 4) is 6.07 Å². The first-order valence-electron chi connectivity index (χ1n) is 9.89. The number of carbonyl (C=O) groups excluding carboxylic acids is 1. The molecule has 0 saturated carbocycles. The van der Waals surface area contributed by atoms with Gasteiger partial charge in [-0.1, -0.05) is 6.42 Å². The molecule has 1 aliphatic carbocycles. The highest BCUT2D eigenvalue weighted by atomic mass is 32.2. The van der Waals surface area contributed by atoms with Crippen molar-refractivity contribution in [2.45, 2.75) is 56.4 Å². The number of carbonyl (C=O) groups is 1. The van der Waals surface area contributed by atoms with Gasteiger partial charge in [0.2, 0.25) is 10.0 Å². The zero-order valence-corrected chi connectivity index (χ0v) is 17.9. The summed E-state index contributed by atoms with van der Waals surface area (Å²) in [5.74, 6) is -0.336. The molecule has 1 N–H and O–H groups in total. The highest BCUT2D eigenvalue weighted by Gasteiger charge is 2.31. The van der Waals surface area contributed by atoms with Crippen molar-refractivity contribution in [3.63, 3.8) is 0 Å². The summed E-state index contributed by atoms with van der Waals surface area (Å²) in [6, 6.07) is 8.25. The first kappa shape index (κ1) is 20.1. The molecule has 1 fully saturated rings. The number of nitrogens with zero attached hydrogens (tertiary/aromatic N) is 2. The topological polar surface area (TPSA) is 90.3 Å². The van der Waals surface area contributed by atoms with E-state index in [-0.39, 0.29) is 16.8 Å². The van der Waals surface area contributed by atoms with Crippen LogP contribution >= 0.6 is 11.3 Å². The number of thiophene rings is 1. The van der Waals surface area contributed by atoms with Crippen molar-refractivity contribution in [1.29, 1.82) is 5.26 Å². The van der Waals surface area contributed by atoms with Gasteiger partial charge >= 0.3 is 0 Å². The van der Waals surface area contributed by atoms with Gasteiger partial charge in [0.25, 0.3) is 5.91 Å². The molecule has 2 heterocycles. The van der Waals surface area contributed by atoms with E-state index < -0.39 is 10.0 Å². The number of piperidine rings is 1. The second-order valence-electron chi connectivity index (χ2n) is 7.61. The first-order valence-corrected chi connectivity index (χ1v) is 12.2. The van der Waals surface area contributed by atoms with Gasteiger partial charge in [-0.05, 0) is 68.9 Å². The molecule has 29 heavy (non-hydrogen) atoms. The van der Waals surface area contributed by atoms with Gasteiger partial charge < -0.3 is 5.32 Å². The Balaban J connectivity index is 1.52. The molecule has 0 unspecified atom stereocenters. The van der Waals surface area contributed by atoms with E-state index in [1.54, 1.807) is 4.31 Å². The number of nitriles is 1. The standard InChI is InChI=1S/C21H23N3O3S2/c1-14-5-2-3-12-24(14)29(26,27)16-10-8-15(9-11-16)20(25)23-21-18(13-22)17-6-4-7-19(17)28-21/h8-11,14H,2-7,12H2,1H3,(H,23,25)/t14-/m0/s1. The molecule has 1 aliphatic heterocycles. The summed E-state index contributed by atoms with van der Waals surface area (Å²) in [6.07, 6.45) is 5.67. The largest absolute Gasteiger partial charge is 0.312 e. The minimum atomic E-state index is -3.56. The predicted molar refractivity (Wildman–Crippen MR) is 113 cm³/mol. The van der Waals surface area contributed by atoms with Gasteiger partial charge in [0, 0.05) is 23.0 Å². The number of hydrogen-bond acceptors (Lipinski definition) is 5. The molecule has 8 heteroatoms. The van der Waals surface area contributed by atoms with Crippen LogP contribution in [0, 0.1) is 11.3 Å². The summed E-state index contributed by atoms with van der Waals surface area (Å²) in [6.45, 7) is 2.47. The second kappa shape index (κ2) is 7.90. The van der Waals surface area contributed by atoms with Crippen LogP contribution in [0.25, 0.3) is 0 Å². The number of nitrogens with one attached hydrogen (secondary N) is 1. The van der Waals surface area contributed by atoms with Gasteiger partial charge in [-0.2, -0.15) is 9.57 Å². The monoisotopic (exact) mass is 429 g/mol. The van der Waals surface area contributed by atoms with Crippen molar-refractivity contribution >= 4 is 32.3 Å². The maximum absolute atomic E-state index is 12.9. The van der Waals surface area contributed by atoms with Gasteiger partial charge in [-0.15, -0.1) is 11.3 Å². The Bertz CT molecular complexity index is 1080. The smallest absolute Gasteiger partial charge is 0.256 e. The number of fused-ring (bicyclic) bond motifs is 1. The molecule has 1 amide bonds. The van der Waals surface area contributed by atoms with Crippen LogP contribution in [0.2, 0.25) is 0 Å². The average Bonchev–Trinajstić information content (AvgIpc) is 3.29. The van der Waals surface area contributed by atoms with Crippen LogP contribution in [0.4, 0.5) is 5.00 Å². The van der Waals surface area contributed by atoms with Crippen molar-refractivity contribution in [3.05, 3.63) is 45.8 Å². The number of rotatable bonds is 4. The summed E-state index contributed by atoms with van der Waals surface area (Å²) in [7, 11) is -3.56. The Kier molecular flexibility index (Phi) is 5.47. The summed E-state index contributed by atoms with van der Waals surface area (Å²) >= 11 is 1.47. The highest BCUT2D eigenvalue weighted by Crippen LogP contribution is 2.38. The van der Waals surface area contributed by atoms with E-state index in [0.717, 1.165) is 44.1 Å². The second-order valence-corrected chi connectivity index (χ2v) is 10.6. The van der Waals surface area contributed by atoms with E-state index in [1.165, 1.54) is 40.5 Å². The molecule has 0 radical (unpaired) electrons. The van der Waals surface area contributed by atoms with E-state index in [0.29, 0.717) is 22.7 Å². The molecule has 1 saturated heterocycles. The Morgan fingerprint density at radius 3 is 2.66 bits per heavy atom. The minimum Gasteiger partial charge on any atom is -0.312 e. The molecule has 6 nitrogen and oxygen atoms in total. The lowest BCUT2D eigenvalue weighted by Gasteiger charge is -2.32. The zero-order chi connectivity index (χ0) is 20.6. The lowest BCUT2D eigenvalue weighted by atomic mass is 10.1. The molecule has 0 bridgehead atoms. The maximum atomic E-state index is 12.9. The van der Waals surface area contributed by atoms with E-state index in [4.69, 9.17) is 0 Å². The molecule has 2 aliphatic rings. The first-order chi connectivity index (χ1) is 13.9. The fraction of sp³-hybridized carbons (Fsp3) is 0.429. The molecular weight excluding hydrogens is 406 g/mol. The van der Waals surface area contributed by atoms with Gasteiger partial charge in [-0.25, -0.2) is 8.42 Å². The molecule has 1 aromatic heterocycles. The van der Waals surface area contributed by atoms with Crippen molar-refractivity contribution in [2.75, 3.05) is 11.9 Å². The number of hydrogen-bond donors (Lipinski definition) is 1. The summed E-state index contributed by atoms with van der Waals surface area (Å²) in [5, 5.41) is 12.9. The summed E-state index contributed by atoms with van der Waals surface area (Å²) in [5.41, 5.74) is 1.99. The highest BCUT2D eigenvalue weighted by molar-refractivity contribution is 7.89. The van der Waals surface area contributed by atoms with Gasteiger partial charge in [0.15, 0.2) is 0 Å². The van der Waals surface area contributed by atoms with E-state index >= 15 is 0 Å². The van der Waals surface area contributed by atoms with E-state index in [1.807, 2.05) is 6.92 Å². The minimum absolute atomic E-state index is 0.0121. The lowest BCUT2D eigenvalue weighted by molar-refractivity contribution is 0.102. The third kappa shape index (κ3) is 3.70. The third-order valence-electron chi connectivity index (χ3n) is 5.73. The van der Waals surface area contributed by atoms with E-state index in [9.17, 15) is 18.5 Å². The quantitative estimate of drug-likeness (QED) is 0.797. The molecule has 4 rings (SSSR count). The summed E-state index contributed by atoms with van der Waals surface area (Å²) in [4.78, 5) is 14.0. The Hall–Kier alpha value is -2.21. The van der Waals surface area contributed by atoms with Crippen molar-refractivity contribution in [1.82, 2.24) is 4.31 Å². The Morgan fingerprint density at radius 1 is 1.21 bits per heavy atom. The number of sulfonamides is 1. The molecular formula is C21H23N3O3S2. The number of amides is 1. The van der Waals surface area contributed by atoms with Crippen molar-refractivity contribution in [2.24, 2.45) is 0 Å². The number of benzene rings is 1. The Morgan fingerprint density at radius 2 is 1.97 bits per heavy atom. The fourth-order valence-electron chi connectivity index (χ4n) is 4.13. The number of aryl methyl sites for hydroxylation is 1. The Labute approximate surface area is 175 Å². The van der Waals surface area contributed by atoms with Crippen LogP contribution in [0.1, 0.15) is 59.0 Å². The van der Waals surface area contributed by atoms with Crippen LogP contribution in [0.5, 0.6) is 0 Å². The molecule has 1 aromatic carbocycles. The SMILES string of the molecule is C[C@H]1CCCCN1S(=O)(=O)c1ccc(C(=O)Nc2sc3c(c2C#N)CCC3)cc1. The van der Waals surface area contributed by atoms with Crippen LogP contribution in [0.3, 0.4) is 0 Å². The van der Waals surface area contributed by atoms with Gasteiger partial charge in [0.05, 0.1) is 10.5 Å². The average molecular weight is 430 g/mol. The fourth-order valence-corrected chi connectivity index (χ4v) is 7.06. The molecule has 1 atom stereocenters. The van der Waals surface area contributed by atoms with E-state index in [2.05, 4.69) is 11.4 Å². The van der Waals surface area contributed by atoms with Crippen LogP contribution in [0.15, 0.2) is 29.2 Å². The van der Waals surface area contributed by atoms with Crippen LogP contribution in [-0.2, 0) is 22.9 Å². The van der Waals surface area contributed by atoms with Gasteiger partial charge in [-0.3, -0.25) is 4.79 Å². The molecule has 2 aromatic rings. The maximum Gasteiger partial charge on any atom is 0.256 e. The number of anilines is 1. The van der Waals surface area contributed by atoms with Crippen molar-refractivity contribution < 1.29 is 13.2 Å². The predicted octanol–water partition coefficient (Wildman–Crippen LogP) is 3.92.